The topological polar surface area (TPSA) is 12.0 Å². The van der Waals surface area contributed by atoms with Crippen molar-refractivity contribution in [2.75, 3.05) is 6.54 Å². The molecule has 0 aliphatic heterocycles. The van der Waals surface area contributed by atoms with Crippen LogP contribution in [-0.4, -0.2) is 18.8 Å². The second-order valence-electron chi connectivity index (χ2n) is 5.61. The Hall–Kier alpha value is -1.03. The van der Waals surface area contributed by atoms with Gasteiger partial charge in [0.05, 0.1) is 0 Å². The van der Waals surface area contributed by atoms with Crippen molar-refractivity contribution in [2.24, 2.45) is 5.92 Å². The van der Waals surface area contributed by atoms with E-state index in [1.54, 1.807) is 0 Å². The summed E-state index contributed by atoms with van der Waals surface area (Å²) in [5.74, 6) is 0.431. The number of hydrogen-bond acceptors (Lipinski definition) is 1. The van der Waals surface area contributed by atoms with Crippen molar-refractivity contribution < 1.29 is 13.2 Å². The summed E-state index contributed by atoms with van der Waals surface area (Å²) in [6.07, 6.45) is -1.91. The fourth-order valence-corrected chi connectivity index (χ4v) is 3.17. The van der Waals surface area contributed by atoms with Crippen LogP contribution in [0.2, 0.25) is 0 Å². The van der Waals surface area contributed by atoms with Crippen LogP contribution < -0.4 is 5.32 Å². The molecule has 0 fully saturated rings. The van der Waals surface area contributed by atoms with E-state index in [1.807, 2.05) is 19.1 Å². The van der Waals surface area contributed by atoms with Crippen LogP contribution in [0.25, 0.3) is 0 Å². The number of fused-ring (bicyclic) bond motifs is 1. The van der Waals surface area contributed by atoms with Crippen molar-refractivity contribution in [3.8, 4) is 0 Å². The third kappa shape index (κ3) is 4.23. The molecule has 1 unspecified atom stereocenters. The third-order valence-electron chi connectivity index (χ3n) is 4.09. The highest BCUT2D eigenvalue weighted by Crippen LogP contribution is 2.31. The van der Waals surface area contributed by atoms with Crippen molar-refractivity contribution in [2.45, 2.75) is 51.2 Å². The molecule has 0 spiro atoms. The lowest BCUT2D eigenvalue weighted by Crippen LogP contribution is -2.36. The minimum absolute atomic E-state index is 0.190. The van der Waals surface area contributed by atoms with Crippen LogP contribution >= 0.6 is 0 Å². The zero-order chi connectivity index (χ0) is 14.6. The van der Waals surface area contributed by atoms with Gasteiger partial charge in [-0.3, -0.25) is 0 Å². The Balaban J connectivity index is 1.90. The molecule has 0 saturated carbocycles. The number of halogens is 3. The van der Waals surface area contributed by atoms with Gasteiger partial charge in [0.25, 0.3) is 0 Å². The van der Waals surface area contributed by atoms with E-state index in [1.165, 1.54) is 11.1 Å². The van der Waals surface area contributed by atoms with Gasteiger partial charge in [-0.05, 0) is 49.3 Å². The molecule has 4 heteroatoms. The first-order chi connectivity index (χ1) is 9.49. The van der Waals surface area contributed by atoms with Gasteiger partial charge >= 0.3 is 6.18 Å². The molecule has 1 aliphatic rings. The lowest BCUT2D eigenvalue weighted by atomic mass is 9.92. The Morgan fingerprint density at radius 2 is 1.80 bits per heavy atom. The predicted octanol–water partition coefficient (Wildman–Crippen LogP) is 4.11. The molecule has 2 rings (SSSR count). The van der Waals surface area contributed by atoms with Gasteiger partial charge in [-0.2, -0.15) is 13.2 Å². The molecule has 0 saturated heterocycles. The van der Waals surface area contributed by atoms with Crippen LogP contribution in [0.15, 0.2) is 24.3 Å². The Kier molecular flexibility index (Phi) is 5.08. The van der Waals surface area contributed by atoms with E-state index in [4.69, 9.17) is 0 Å². The molecular weight excluding hydrogens is 263 g/mol. The number of alkyl halides is 3. The summed E-state index contributed by atoms with van der Waals surface area (Å²) in [7, 11) is 0. The second kappa shape index (κ2) is 6.61. The Morgan fingerprint density at radius 3 is 2.30 bits per heavy atom. The molecule has 0 heterocycles. The number of hydrogen-bond donors (Lipinski definition) is 1. The maximum Gasteiger partial charge on any atom is 0.389 e. The first-order valence-corrected chi connectivity index (χ1v) is 7.36. The number of benzene rings is 1. The number of nitrogens with one attached hydrogen (secondary N) is 1. The lowest BCUT2D eigenvalue weighted by Gasteiger charge is -2.24. The molecule has 1 aliphatic carbocycles. The predicted molar refractivity (Wildman–Crippen MR) is 74.7 cm³/mol. The average molecular weight is 285 g/mol. The van der Waals surface area contributed by atoms with E-state index in [9.17, 15) is 13.2 Å². The van der Waals surface area contributed by atoms with Crippen molar-refractivity contribution in [1.29, 1.82) is 0 Å². The van der Waals surface area contributed by atoms with Crippen LogP contribution in [0.3, 0.4) is 0 Å². The van der Waals surface area contributed by atoms with Crippen LogP contribution in [0.5, 0.6) is 0 Å². The standard InChI is InChI=1S/C16H22F3N/c1-2-20-15(8-5-9-16(17,18)19)14-10-12-6-3-4-7-13(12)11-14/h3-4,6-7,14-15,20H,2,5,8-11H2,1H3. The smallest absolute Gasteiger partial charge is 0.314 e. The SMILES string of the molecule is CCNC(CCCC(F)(F)F)C1Cc2ccccc2C1. The molecule has 20 heavy (non-hydrogen) atoms. The molecule has 112 valence electrons. The summed E-state index contributed by atoms with van der Waals surface area (Å²) in [6.45, 7) is 2.82. The van der Waals surface area contributed by atoms with Crippen molar-refractivity contribution in [1.82, 2.24) is 5.32 Å². The fourth-order valence-electron chi connectivity index (χ4n) is 3.17. The molecule has 0 radical (unpaired) electrons. The minimum atomic E-state index is -4.03. The maximum atomic E-state index is 12.3. The molecule has 1 atom stereocenters. The largest absolute Gasteiger partial charge is 0.389 e. The van der Waals surface area contributed by atoms with Gasteiger partial charge < -0.3 is 5.32 Å². The first-order valence-electron chi connectivity index (χ1n) is 7.36. The zero-order valence-corrected chi connectivity index (χ0v) is 11.8. The van der Waals surface area contributed by atoms with E-state index in [-0.39, 0.29) is 12.5 Å². The van der Waals surface area contributed by atoms with Crippen LogP contribution in [-0.2, 0) is 12.8 Å². The van der Waals surface area contributed by atoms with Gasteiger partial charge in [-0.1, -0.05) is 31.2 Å². The maximum absolute atomic E-state index is 12.3. The summed E-state index contributed by atoms with van der Waals surface area (Å²) in [5, 5.41) is 3.38. The highest BCUT2D eigenvalue weighted by Gasteiger charge is 2.30. The van der Waals surface area contributed by atoms with Crippen molar-refractivity contribution >= 4 is 0 Å². The van der Waals surface area contributed by atoms with E-state index in [2.05, 4.69) is 17.4 Å². The number of rotatable bonds is 6. The fraction of sp³-hybridized carbons (Fsp3) is 0.625. The minimum Gasteiger partial charge on any atom is -0.314 e. The van der Waals surface area contributed by atoms with Crippen LogP contribution in [0.1, 0.15) is 37.3 Å². The highest BCUT2D eigenvalue weighted by atomic mass is 19.4. The Bertz CT molecular complexity index is 403. The molecule has 0 bridgehead atoms. The van der Waals surface area contributed by atoms with Crippen LogP contribution in [0.4, 0.5) is 13.2 Å². The normalized spacial score (nSPS) is 17.2. The van der Waals surface area contributed by atoms with Crippen molar-refractivity contribution in [3.63, 3.8) is 0 Å². The van der Waals surface area contributed by atoms with E-state index in [0.717, 1.165) is 19.4 Å². The summed E-state index contributed by atoms with van der Waals surface area (Å²) < 4.78 is 36.8. The molecular formula is C16H22F3N. The van der Waals surface area contributed by atoms with Gasteiger partial charge in [0.2, 0.25) is 0 Å². The summed E-state index contributed by atoms with van der Waals surface area (Å²) in [6, 6.07) is 8.53. The monoisotopic (exact) mass is 285 g/mol. The van der Waals surface area contributed by atoms with E-state index < -0.39 is 12.6 Å². The second-order valence-corrected chi connectivity index (χ2v) is 5.61. The van der Waals surface area contributed by atoms with Gasteiger partial charge in [0.15, 0.2) is 0 Å². The molecule has 1 nitrogen and oxygen atoms in total. The zero-order valence-electron chi connectivity index (χ0n) is 11.8. The van der Waals surface area contributed by atoms with Gasteiger partial charge in [-0.25, -0.2) is 0 Å². The molecule has 1 aromatic rings. The summed E-state index contributed by atoms with van der Waals surface area (Å²) >= 11 is 0. The Labute approximate surface area is 118 Å². The summed E-state index contributed by atoms with van der Waals surface area (Å²) in [4.78, 5) is 0. The third-order valence-corrected chi connectivity index (χ3v) is 4.09. The lowest BCUT2D eigenvalue weighted by molar-refractivity contribution is -0.136. The first kappa shape index (κ1) is 15.4. The van der Waals surface area contributed by atoms with Crippen molar-refractivity contribution in [3.05, 3.63) is 35.4 Å². The summed E-state index contributed by atoms with van der Waals surface area (Å²) in [5.41, 5.74) is 2.72. The van der Waals surface area contributed by atoms with Crippen LogP contribution in [0, 0.1) is 5.92 Å². The molecule has 0 amide bonds. The molecule has 0 aromatic heterocycles. The average Bonchev–Trinajstić information content (AvgIpc) is 2.80. The molecule has 1 aromatic carbocycles. The van der Waals surface area contributed by atoms with Gasteiger partial charge in [0, 0.05) is 12.5 Å². The highest BCUT2D eigenvalue weighted by molar-refractivity contribution is 5.32. The molecule has 1 N–H and O–H groups in total. The van der Waals surface area contributed by atoms with Gasteiger partial charge in [0.1, 0.15) is 0 Å². The van der Waals surface area contributed by atoms with Gasteiger partial charge in [-0.15, -0.1) is 0 Å². The van der Waals surface area contributed by atoms with E-state index >= 15 is 0 Å². The van der Waals surface area contributed by atoms with E-state index in [0.29, 0.717) is 12.3 Å². The Morgan fingerprint density at radius 1 is 1.20 bits per heavy atom. The quantitative estimate of drug-likeness (QED) is 0.829.